The first-order chi connectivity index (χ1) is 9.74. The van der Waals surface area contributed by atoms with Crippen LogP contribution in [0.25, 0.3) is 11.4 Å². The van der Waals surface area contributed by atoms with Crippen LogP contribution in [0.15, 0.2) is 36.5 Å². The van der Waals surface area contributed by atoms with Gasteiger partial charge in [-0.1, -0.05) is 37.3 Å². The van der Waals surface area contributed by atoms with Gasteiger partial charge in [-0.25, -0.2) is 9.97 Å². The van der Waals surface area contributed by atoms with Crippen LogP contribution in [0.1, 0.15) is 20.3 Å². The van der Waals surface area contributed by atoms with Crippen LogP contribution in [0.4, 0.5) is 11.5 Å². The molecule has 0 aliphatic carbocycles. The summed E-state index contributed by atoms with van der Waals surface area (Å²) < 4.78 is 5.54. The fraction of sp³-hybridized carbons (Fsp3) is 0.333. The Labute approximate surface area is 119 Å². The number of anilines is 2. The van der Waals surface area contributed by atoms with Crippen molar-refractivity contribution in [3.05, 3.63) is 36.5 Å². The van der Waals surface area contributed by atoms with Crippen LogP contribution in [0.2, 0.25) is 0 Å². The average Bonchev–Trinajstić information content (AvgIpc) is 2.49. The molecular weight excluding hydrogens is 252 g/mol. The van der Waals surface area contributed by atoms with Crippen molar-refractivity contribution >= 4 is 11.5 Å². The molecule has 0 amide bonds. The van der Waals surface area contributed by atoms with E-state index in [1.165, 1.54) is 0 Å². The second-order valence-electron chi connectivity index (χ2n) is 4.36. The molecule has 2 rings (SSSR count). The van der Waals surface area contributed by atoms with Crippen molar-refractivity contribution in [2.45, 2.75) is 26.5 Å². The number of rotatable bonds is 6. The van der Waals surface area contributed by atoms with E-state index in [-0.39, 0.29) is 6.23 Å². The van der Waals surface area contributed by atoms with Gasteiger partial charge in [0.25, 0.3) is 0 Å². The predicted octanol–water partition coefficient (Wildman–Crippen LogP) is 2.91. The van der Waals surface area contributed by atoms with Gasteiger partial charge >= 0.3 is 0 Å². The number of nitrogens with two attached hydrogens (primary N) is 1. The van der Waals surface area contributed by atoms with Crippen molar-refractivity contribution in [2.75, 3.05) is 17.7 Å². The number of nitrogens with zero attached hydrogens (tertiary/aromatic N) is 2. The summed E-state index contributed by atoms with van der Waals surface area (Å²) in [5.74, 6) is 1.05. The lowest BCUT2D eigenvalue weighted by Crippen LogP contribution is -2.23. The van der Waals surface area contributed by atoms with Crippen molar-refractivity contribution in [3.8, 4) is 11.4 Å². The smallest absolute Gasteiger partial charge is 0.161 e. The monoisotopic (exact) mass is 272 g/mol. The van der Waals surface area contributed by atoms with Gasteiger partial charge < -0.3 is 15.8 Å². The Morgan fingerprint density at radius 3 is 2.60 bits per heavy atom. The number of nitrogen functional groups attached to an aromatic ring is 1. The molecule has 0 spiro atoms. The van der Waals surface area contributed by atoms with Crippen LogP contribution in [0.5, 0.6) is 0 Å². The predicted molar refractivity (Wildman–Crippen MR) is 81.2 cm³/mol. The lowest BCUT2D eigenvalue weighted by Gasteiger charge is -2.18. The molecule has 20 heavy (non-hydrogen) atoms. The highest BCUT2D eigenvalue weighted by atomic mass is 16.5. The second-order valence-corrected chi connectivity index (χ2v) is 4.36. The molecule has 1 aromatic carbocycles. The molecule has 0 radical (unpaired) electrons. The molecule has 1 aromatic heterocycles. The minimum Gasteiger partial charge on any atom is -0.382 e. The highest BCUT2D eigenvalue weighted by molar-refractivity contribution is 5.65. The molecular formula is C15H20N4O. The highest BCUT2D eigenvalue weighted by Gasteiger charge is 2.10. The van der Waals surface area contributed by atoms with E-state index >= 15 is 0 Å². The van der Waals surface area contributed by atoms with Gasteiger partial charge in [-0.3, -0.25) is 0 Å². The van der Waals surface area contributed by atoms with Gasteiger partial charge in [0.1, 0.15) is 6.23 Å². The number of hydrogen-bond donors (Lipinski definition) is 2. The third-order valence-corrected chi connectivity index (χ3v) is 2.91. The molecule has 0 saturated heterocycles. The van der Waals surface area contributed by atoms with Gasteiger partial charge in [0.2, 0.25) is 0 Å². The lowest BCUT2D eigenvalue weighted by atomic mass is 10.2. The van der Waals surface area contributed by atoms with Crippen molar-refractivity contribution in [3.63, 3.8) is 0 Å². The first-order valence-corrected chi connectivity index (χ1v) is 6.80. The molecule has 0 fully saturated rings. The molecule has 5 nitrogen and oxygen atoms in total. The maximum Gasteiger partial charge on any atom is 0.161 e. The number of hydrogen-bond acceptors (Lipinski definition) is 5. The Balaban J connectivity index is 2.18. The first-order valence-electron chi connectivity index (χ1n) is 6.80. The summed E-state index contributed by atoms with van der Waals surface area (Å²) in [7, 11) is 0. The van der Waals surface area contributed by atoms with Gasteiger partial charge in [0.15, 0.2) is 11.6 Å². The number of benzene rings is 1. The largest absolute Gasteiger partial charge is 0.382 e. The van der Waals surface area contributed by atoms with Gasteiger partial charge in [-0.15, -0.1) is 0 Å². The maximum absolute atomic E-state index is 5.99. The molecule has 3 N–H and O–H groups in total. The molecule has 5 heteroatoms. The number of aromatic nitrogens is 2. The average molecular weight is 272 g/mol. The summed E-state index contributed by atoms with van der Waals surface area (Å²) in [5, 5.41) is 3.20. The van der Waals surface area contributed by atoms with Crippen LogP contribution in [0, 0.1) is 0 Å². The zero-order chi connectivity index (χ0) is 14.4. The van der Waals surface area contributed by atoms with Crippen molar-refractivity contribution in [1.82, 2.24) is 9.97 Å². The van der Waals surface area contributed by atoms with E-state index in [1.807, 2.05) is 44.2 Å². The molecule has 0 bridgehead atoms. The van der Waals surface area contributed by atoms with E-state index in [1.54, 1.807) is 6.20 Å². The summed E-state index contributed by atoms with van der Waals surface area (Å²) in [6.45, 7) is 4.65. The second kappa shape index (κ2) is 6.86. The van der Waals surface area contributed by atoms with Crippen molar-refractivity contribution < 1.29 is 4.74 Å². The molecule has 2 aromatic rings. The molecule has 1 unspecified atom stereocenters. The number of ether oxygens (including phenoxy) is 1. The Hall–Kier alpha value is -2.14. The van der Waals surface area contributed by atoms with E-state index < -0.39 is 0 Å². The van der Waals surface area contributed by atoms with E-state index in [9.17, 15) is 0 Å². The standard InChI is InChI=1S/C15H20N4O/c1-3-13(20-4-2)18-12-10-17-15(19-14(12)16)11-8-6-5-7-9-11/h5-10,13,18H,3-4H2,1-2H3,(H2,16,17,19). The Kier molecular flexibility index (Phi) is 4.90. The SMILES string of the molecule is CCOC(CC)Nc1cnc(-c2ccccc2)nc1N. The highest BCUT2D eigenvalue weighted by Crippen LogP contribution is 2.21. The lowest BCUT2D eigenvalue weighted by molar-refractivity contribution is 0.0803. The third-order valence-electron chi connectivity index (χ3n) is 2.91. The maximum atomic E-state index is 5.99. The molecule has 0 aliphatic heterocycles. The van der Waals surface area contributed by atoms with Gasteiger partial charge in [0.05, 0.1) is 11.9 Å². The van der Waals surface area contributed by atoms with E-state index in [2.05, 4.69) is 15.3 Å². The Morgan fingerprint density at radius 2 is 2.00 bits per heavy atom. The number of nitrogens with one attached hydrogen (secondary N) is 1. The summed E-state index contributed by atoms with van der Waals surface area (Å²) in [6, 6.07) is 9.76. The van der Waals surface area contributed by atoms with Gasteiger partial charge in [-0.2, -0.15) is 0 Å². The van der Waals surface area contributed by atoms with E-state index in [0.29, 0.717) is 23.9 Å². The molecule has 1 atom stereocenters. The first kappa shape index (κ1) is 14.3. The zero-order valence-corrected chi connectivity index (χ0v) is 11.8. The van der Waals surface area contributed by atoms with Crippen molar-refractivity contribution in [2.24, 2.45) is 0 Å². The van der Waals surface area contributed by atoms with Gasteiger partial charge in [-0.05, 0) is 13.3 Å². The van der Waals surface area contributed by atoms with Crippen LogP contribution < -0.4 is 11.1 Å². The fourth-order valence-corrected chi connectivity index (χ4v) is 1.87. The molecule has 1 heterocycles. The fourth-order valence-electron chi connectivity index (χ4n) is 1.87. The minimum atomic E-state index is -0.0755. The molecule has 0 aliphatic rings. The van der Waals surface area contributed by atoms with Crippen LogP contribution in [0.3, 0.4) is 0 Å². The summed E-state index contributed by atoms with van der Waals surface area (Å²) >= 11 is 0. The van der Waals surface area contributed by atoms with E-state index in [4.69, 9.17) is 10.5 Å². The normalized spacial score (nSPS) is 12.1. The zero-order valence-electron chi connectivity index (χ0n) is 11.8. The van der Waals surface area contributed by atoms with E-state index in [0.717, 1.165) is 12.0 Å². The summed E-state index contributed by atoms with van der Waals surface area (Å²) in [6.07, 6.45) is 2.47. The molecule has 0 saturated carbocycles. The third kappa shape index (κ3) is 3.45. The quantitative estimate of drug-likeness (QED) is 0.791. The summed E-state index contributed by atoms with van der Waals surface area (Å²) in [4.78, 5) is 8.69. The van der Waals surface area contributed by atoms with Crippen LogP contribution in [-0.2, 0) is 4.74 Å². The summed E-state index contributed by atoms with van der Waals surface area (Å²) in [5.41, 5.74) is 7.63. The van der Waals surface area contributed by atoms with Crippen LogP contribution >= 0.6 is 0 Å². The van der Waals surface area contributed by atoms with Gasteiger partial charge in [0, 0.05) is 12.2 Å². The van der Waals surface area contributed by atoms with Crippen LogP contribution in [-0.4, -0.2) is 22.8 Å². The minimum absolute atomic E-state index is 0.0755. The molecule has 106 valence electrons. The Morgan fingerprint density at radius 1 is 1.25 bits per heavy atom. The van der Waals surface area contributed by atoms with Crippen molar-refractivity contribution in [1.29, 1.82) is 0 Å². The topological polar surface area (TPSA) is 73.1 Å². The Bertz CT molecular complexity index is 545.